The SMILES string of the molecule is CC(C)[C@]1(F)CCc2nc3c(F)cc(C(=O)NCC[C@H](c4cnc(NS(=O)(=O)N(C)C)c(F)c4)N4CCC(O)CC4)cc3cc2C1. The van der Waals surface area contributed by atoms with Gasteiger partial charge in [0.25, 0.3) is 5.91 Å². The number of aliphatic hydroxyl groups is 1. The Morgan fingerprint density at radius 1 is 1.15 bits per heavy atom. The number of aryl methyl sites for hydroxylation is 1. The van der Waals surface area contributed by atoms with Crippen LogP contribution in [0.3, 0.4) is 0 Å². The Morgan fingerprint density at radius 2 is 1.87 bits per heavy atom. The molecule has 46 heavy (non-hydrogen) atoms. The van der Waals surface area contributed by atoms with Crippen LogP contribution in [0.15, 0.2) is 30.5 Å². The van der Waals surface area contributed by atoms with Crippen molar-refractivity contribution in [1.29, 1.82) is 0 Å². The number of alkyl halides is 1. The number of carbonyl (C=O) groups is 1. The molecule has 2 aliphatic rings. The number of nitrogens with zero attached hydrogens (tertiary/aromatic N) is 4. The number of aliphatic hydroxyl groups excluding tert-OH is 1. The number of halogens is 3. The first-order valence-electron chi connectivity index (χ1n) is 15.5. The summed E-state index contributed by atoms with van der Waals surface area (Å²) in [6.45, 7) is 4.90. The lowest BCUT2D eigenvalue weighted by Crippen LogP contribution is -2.40. The van der Waals surface area contributed by atoms with Gasteiger partial charge in [0.15, 0.2) is 11.6 Å². The number of pyridine rings is 2. The molecule has 0 unspecified atom stereocenters. The third-order valence-corrected chi connectivity index (χ3v) is 10.6. The van der Waals surface area contributed by atoms with E-state index in [0.717, 1.165) is 15.9 Å². The normalized spacial score (nSPS) is 20.2. The van der Waals surface area contributed by atoms with Crippen LogP contribution >= 0.6 is 0 Å². The van der Waals surface area contributed by atoms with Crippen LogP contribution in [0.2, 0.25) is 0 Å². The molecule has 1 fully saturated rings. The molecule has 2 aromatic heterocycles. The molecule has 1 aliphatic carbocycles. The maximum atomic E-state index is 15.4. The van der Waals surface area contributed by atoms with Crippen molar-refractivity contribution in [2.45, 2.75) is 70.2 Å². The number of rotatable bonds is 10. The predicted molar refractivity (Wildman–Crippen MR) is 169 cm³/mol. The molecule has 1 saturated heterocycles. The van der Waals surface area contributed by atoms with E-state index >= 15 is 13.2 Å². The van der Waals surface area contributed by atoms with Crippen LogP contribution in [0.1, 0.15) is 72.8 Å². The average molecular weight is 663 g/mol. The fourth-order valence-electron chi connectivity index (χ4n) is 6.16. The second kappa shape index (κ2) is 13.4. The molecular formula is C32H41F3N6O4S. The molecular weight excluding hydrogens is 621 g/mol. The highest BCUT2D eigenvalue weighted by atomic mass is 32.2. The second-order valence-corrected chi connectivity index (χ2v) is 14.7. The van der Waals surface area contributed by atoms with E-state index in [9.17, 15) is 18.3 Å². The topological polar surface area (TPSA) is 128 Å². The molecule has 3 aromatic rings. The van der Waals surface area contributed by atoms with Gasteiger partial charge >= 0.3 is 10.2 Å². The summed E-state index contributed by atoms with van der Waals surface area (Å²) in [4.78, 5) is 23.8. The average Bonchev–Trinajstić information content (AvgIpc) is 3.00. The summed E-state index contributed by atoms with van der Waals surface area (Å²) >= 11 is 0. The number of likely N-dealkylation sites (tertiary alicyclic amines) is 1. The lowest BCUT2D eigenvalue weighted by atomic mass is 9.77. The van der Waals surface area contributed by atoms with Gasteiger partial charge < -0.3 is 10.4 Å². The van der Waals surface area contributed by atoms with Crippen LogP contribution in [-0.4, -0.2) is 84.1 Å². The van der Waals surface area contributed by atoms with Gasteiger partial charge in [-0.15, -0.1) is 0 Å². The van der Waals surface area contributed by atoms with Crippen LogP contribution in [0.25, 0.3) is 10.9 Å². The first-order chi connectivity index (χ1) is 21.7. The molecule has 14 heteroatoms. The highest BCUT2D eigenvalue weighted by molar-refractivity contribution is 7.90. The van der Waals surface area contributed by atoms with E-state index in [1.165, 1.54) is 26.4 Å². The van der Waals surface area contributed by atoms with Crippen molar-refractivity contribution in [3.05, 3.63) is 64.5 Å². The fourth-order valence-corrected chi connectivity index (χ4v) is 6.73. The summed E-state index contributed by atoms with van der Waals surface area (Å²) in [5.41, 5.74) is 0.766. The lowest BCUT2D eigenvalue weighted by Gasteiger charge is -2.36. The molecule has 3 heterocycles. The third kappa shape index (κ3) is 7.29. The van der Waals surface area contributed by atoms with E-state index in [-0.39, 0.29) is 30.0 Å². The molecule has 3 N–H and O–H groups in total. The molecule has 0 spiro atoms. The van der Waals surface area contributed by atoms with Gasteiger partial charge in [0, 0.05) is 69.0 Å². The third-order valence-electron chi connectivity index (χ3n) is 9.20. The van der Waals surface area contributed by atoms with Crippen molar-refractivity contribution in [2.24, 2.45) is 5.92 Å². The van der Waals surface area contributed by atoms with Gasteiger partial charge in [0.2, 0.25) is 0 Å². The summed E-state index contributed by atoms with van der Waals surface area (Å²) in [5, 5.41) is 13.3. The summed E-state index contributed by atoms with van der Waals surface area (Å²) in [5.74, 6) is -2.61. The monoisotopic (exact) mass is 662 g/mol. The van der Waals surface area contributed by atoms with Gasteiger partial charge in [-0.1, -0.05) is 13.8 Å². The van der Waals surface area contributed by atoms with Gasteiger partial charge in [-0.3, -0.25) is 14.4 Å². The van der Waals surface area contributed by atoms with Crippen LogP contribution in [0.5, 0.6) is 0 Å². The highest BCUT2D eigenvalue weighted by Crippen LogP contribution is 2.38. The van der Waals surface area contributed by atoms with E-state index in [0.29, 0.717) is 61.8 Å². The van der Waals surface area contributed by atoms with E-state index in [4.69, 9.17) is 0 Å². The number of benzene rings is 1. The largest absolute Gasteiger partial charge is 0.393 e. The number of anilines is 1. The van der Waals surface area contributed by atoms with Crippen LogP contribution in [0.4, 0.5) is 19.0 Å². The van der Waals surface area contributed by atoms with Crippen LogP contribution in [-0.2, 0) is 23.1 Å². The number of carbonyl (C=O) groups excluding carboxylic acids is 1. The first kappa shape index (κ1) is 34.0. The Hall–Kier alpha value is -3.33. The van der Waals surface area contributed by atoms with Gasteiger partial charge in [0.1, 0.15) is 17.0 Å². The molecule has 10 nitrogen and oxygen atoms in total. The van der Waals surface area contributed by atoms with Crippen molar-refractivity contribution in [3.8, 4) is 0 Å². The summed E-state index contributed by atoms with van der Waals surface area (Å²) in [6, 6.07) is 5.25. The van der Waals surface area contributed by atoms with E-state index < -0.39 is 51.4 Å². The Morgan fingerprint density at radius 3 is 2.52 bits per heavy atom. The minimum atomic E-state index is -3.97. The molecule has 5 rings (SSSR count). The molecule has 1 amide bonds. The second-order valence-electron chi connectivity index (χ2n) is 12.8. The van der Waals surface area contributed by atoms with Gasteiger partial charge in [0.05, 0.1) is 6.10 Å². The molecule has 0 radical (unpaired) electrons. The lowest BCUT2D eigenvalue weighted by molar-refractivity contribution is 0.0577. The number of hydrogen-bond acceptors (Lipinski definition) is 7. The molecule has 250 valence electrons. The maximum Gasteiger partial charge on any atom is 0.302 e. The molecule has 1 aliphatic heterocycles. The van der Waals surface area contributed by atoms with Crippen molar-refractivity contribution >= 4 is 32.8 Å². The smallest absolute Gasteiger partial charge is 0.302 e. The predicted octanol–water partition coefficient (Wildman–Crippen LogP) is 4.30. The first-order valence-corrected chi connectivity index (χ1v) is 17.0. The zero-order valence-electron chi connectivity index (χ0n) is 26.5. The van der Waals surface area contributed by atoms with Crippen LogP contribution < -0.4 is 10.0 Å². The molecule has 0 saturated carbocycles. The van der Waals surface area contributed by atoms with Crippen LogP contribution in [0, 0.1) is 17.6 Å². The number of fused-ring (bicyclic) bond motifs is 2. The van der Waals surface area contributed by atoms with E-state index in [2.05, 4.69) is 24.9 Å². The Kier molecular flexibility index (Phi) is 9.92. The number of piperidine rings is 1. The fraction of sp³-hybridized carbons (Fsp3) is 0.531. The number of nitrogens with one attached hydrogen (secondary N) is 2. The quantitative estimate of drug-likeness (QED) is 0.296. The zero-order valence-corrected chi connectivity index (χ0v) is 27.3. The van der Waals surface area contributed by atoms with Crippen molar-refractivity contribution in [1.82, 2.24) is 24.5 Å². The standard InChI is InChI=1S/C32H41F3N6O4S/c1-19(2)32(35)9-5-27-22(17-32)14-20-13-21(15-25(33)29(20)38-27)31(43)36-10-6-28(41-11-7-24(42)8-12-41)23-16-26(34)30(37-18-23)39-46(44,45)40(3)4/h13-16,18-19,24,28,42H,5-12,17H2,1-4H3,(H,36,43)(H,37,39)/t28-,32+/m1/s1. The summed E-state index contributed by atoms with van der Waals surface area (Å²) in [7, 11) is -1.35. The highest BCUT2D eigenvalue weighted by Gasteiger charge is 2.38. The molecule has 2 atom stereocenters. The minimum absolute atomic E-state index is 0.0980. The van der Waals surface area contributed by atoms with Gasteiger partial charge in [-0.2, -0.15) is 12.7 Å². The van der Waals surface area contributed by atoms with E-state index in [1.54, 1.807) is 12.1 Å². The minimum Gasteiger partial charge on any atom is -0.393 e. The Bertz CT molecular complexity index is 1720. The number of aromatic nitrogens is 2. The van der Waals surface area contributed by atoms with Crippen molar-refractivity contribution in [2.75, 3.05) is 38.5 Å². The zero-order chi connectivity index (χ0) is 33.4. The summed E-state index contributed by atoms with van der Waals surface area (Å²) < 4.78 is 73.0. The van der Waals surface area contributed by atoms with Gasteiger partial charge in [-0.05, 0) is 73.4 Å². The molecule has 0 bridgehead atoms. The molecule has 1 aromatic carbocycles. The Labute approximate surface area is 267 Å². The Balaban J connectivity index is 1.32. The van der Waals surface area contributed by atoms with Crippen molar-refractivity contribution < 1.29 is 31.5 Å². The van der Waals surface area contributed by atoms with Crippen molar-refractivity contribution in [3.63, 3.8) is 0 Å². The number of hydrogen-bond donors (Lipinski definition) is 3. The maximum absolute atomic E-state index is 15.4. The van der Waals surface area contributed by atoms with E-state index in [1.807, 2.05) is 13.8 Å². The number of amides is 1. The summed E-state index contributed by atoms with van der Waals surface area (Å²) in [6.07, 6.45) is 3.28. The van der Waals surface area contributed by atoms with Gasteiger partial charge in [-0.25, -0.2) is 23.1 Å².